The smallest absolute Gasteiger partial charge is 0.0973 e. The van der Waals surface area contributed by atoms with Crippen LogP contribution in [0.2, 0.25) is 0 Å². The SMILES string of the molecule is COCCN1CCCC1CNCc1cn(-c2ccccc2)nc1-c1ccncc1. The summed E-state index contributed by atoms with van der Waals surface area (Å²) in [5, 5.41) is 8.55. The second-order valence-electron chi connectivity index (χ2n) is 7.47. The quantitative estimate of drug-likeness (QED) is 0.607. The van der Waals surface area contributed by atoms with Gasteiger partial charge in [0.05, 0.1) is 18.0 Å². The summed E-state index contributed by atoms with van der Waals surface area (Å²) in [6.07, 6.45) is 8.29. The number of hydrogen-bond acceptors (Lipinski definition) is 5. The van der Waals surface area contributed by atoms with Crippen LogP contribution in [0.4, 0.5) is 0 Å². The lowest BCUT2D eigenvalue weighted by Gasteiger charge is -2.24. The summed E-state index contributed by atoms with van der Waals surface area (Å²) in [5.74, 6) is 0. The fourth-order valence-corrected chi connectivity index (χ4v) is 4.01. The summed E-state index contributed by atoms with van der Waals surface area (Å²) in [7, 11) is 1.77. The van der Waals surface area contributed by atoms with Crippen LogP contribution in [0.3, 0.4) is 0 Å². The molecule has 0 radical (unpaired) electrons. The molecule has 29 heavy (non-hydrogen) atoms. The molecule has 0 saturated carbocycles. The molecule has 1 N–H and O–H groups in total. The van der Waals surface area contributed by atoms with Crippen molar-refractivity contribution < 1.29 is 4.74 Å². The molecule has 1 aliphatic heterocycles. The van der Waals surface area contributed by atoms with E-state index in [1.54, 1.807) is 7.11 Å². The molecule has 1 fully saturated rings. The van der Waals surface area contributed by atoms with Crippen LogP contribution < -0.4 is 5.32 Å². The van der Waals surface area contributed by atoms with Gasteiger partial charge in [-0.1, -0.05) is 18.2 Å². The largest absolute Gasteiger partial charge is 0.383 e. The van der Waals surface area contributed by atoms with Gasteiger partial charge in [0.15, 0.2) is 0 Å². The van der Waals surface area contributed by atoms with Gasteiger partial charge in [0.25, 0.3) is 0 Å². The summed E-state index contributed by atoms with van der Waals surface area (Å²) in [6, 6.07) is 14.9. The van der Waals surface area contributed by atoms with E-state index in [0.29, 0.717) is 6.04 Å². The molecule has 1 saturated heterocycles. The minimum Gasteiger partial charge on any atom is -0.383 e. The zero-order chi connectivity index (χ0) is 19.9. The minimum atomic E-state index is 0.582. The van der Waals surface area contributed by atoms with E-state index in [2.05, 4.69) is 33.5 Å². The first-order valence-electron chi connectivity index (χ1n) is 10.3. The van der Waals surface area contributed by atoms with Crippen molar-refractivity contribution in [2.24, 2.45) is 0 Å². The molecule has 6 heteroatoms. The number of para-hydroxylation sites is 1. The number of methoxy groups -OCH3 is 1. The topological polar surface area (TPSA) is 55.2 Å². The lowest BCUT2D eigenvalue weighted by molar-refractivity contribution is 0.140. The highest BCUT2D eigenvalue weighted by atomic mass is 16.5. The third-order valence-electron chi connectivity index (χ3n) is 5.54. The van der Waals surface area contributed by atoms with E-state index in [1.807, 2.05) is 47.4 Å². The van der Waals surface area contributed by atoms with Crippen LogP contribution in [-0.2, 0) is 11.3 Å². The van der Waals surface area contributed by atoms with E-state index in [-0.39, 0.29) is 0 Å². The first kappa shape index (κ1) is 19.8. The molecular formula is C23H29N5O. The molecule has 1 unspecified atom stereocenters. The molecule has 0 spiro atoms. The summed E-state index contributed by atoms with van der Waals surface area (Å²) >= 11 is 0. The maximum Gasteiger partial charge on any atom is 0.0973 e. The maximum absolute atomic E-state index is 5.26. The van der Waals surface area contributed by atoms with Gasteiger partial charge in [0, 0.05) is 62.5 Å². The monoisotopic (exact) mass is 391 g/mol. The van der Waals surface area contributed by atoms with Crippen molar-refractivity contribution in [2.75, 3.05) is 33.4 Å². The zero-order valence-electron chi connectivity index (χ0n) is 17.0. The van der Waals surface area contributed by atoms with E-state index in [4.69, 9.17) is 9.84 Å². The first-order valence-corrected chi connectivity index (χ1v) is 10.3. The zero-order valence-corrected chi connectivity index (χ0v) is 17.0. The number of nitrogens with one attached hydrogen (secondary N) is 1. The second kappa shape index (κ2) is 9.78. The van der Waals surface area contributed by atoms with Gasteiger partial charge in [-0.3, -0.25) is 9.88 Å². The number of pyridine rings is 1. The van der Waals surface area contributed by atoms with E-state index in [0.717, 1.165) is 43.2 Å². The molecule has 0 amide bonds. The van der Waals surface area contributed by atoms with Crippen LogP contribution >= 0.6 is 0 Å². The van der Waals surface area contributed by atoms with Gasteiger partial charge in [-0.2, -0.15) is 5.10 Å². The van der Waals surface area contributed by atoms with Crippen LogP contribution in [0.25, 0.3) is 16.9 Å². The highest BCUT2D eigenvalue weighted by molar-refractivity contribution is 5.62. The molecule has 3 heterocycles. The Bertz CT molecular complexity index is 881. The number of benzene rings is 1. The second-order valence-corrected chi connectivity index (χ2v) is 7.47. The van der Waals surface area contributed by atoms with Crippen molar-refractivity contribution in [1.29, 1.82) is 0 Å². The normalized spacial score (nSPS) is 17.1. The Morgan fingerprint density at radius 2 is 1.97 bits per heavy atom. The molecule has 152 valence electrons. The summed E-state index contributed by atoms with van der Waals surface area (Å²) in [4.78, 5) is 6.68. The Balaban J connectivity index is 1.48. The Kier molecular flexibility index (Phi) is 6.67. The number of ether oxygens (including phenoxy) is 1. The first-order chi connectivity index (χ1) is 14.3. The number of aromatic nitrogens is 3. The molecule has 0 aliphatic carbocycles. The molecule has 1 atom stereocenters. The molecule has 3 aromatic rings. The van der Waals surface area contributed by atoms with Crippen molar-refractivity contribution >= 4 is 0 Å². The summed E-state index contributed by atoms with van der Waals surface area (Å²) < 4.78 is 7.22. The minimum absolute atomic E-state index is 0.582. The van der Waals surface area contributed by atoms with Gasteiger partial charge in [-0.15, -0.1) is 0 Å². The van der Waals surface area contributed by atoms with Crippen LogP contribution in [0.1, 0.15) is 18.4 Å². The predicted octanol–water partition coefficient (Wildman–Crippen LogP) is 3.13. The summed E-state index contributed by atoms with van der Waals surface area (Å²) in [5.41, 5.74) is 4.36. The maximum atomic E-state index is 5.26. The lowest BCUT2D eigenvalue weighted by Crippen LogP contribution is -2.39. The van der Waals surface area contributed by atoms with Crippen LogP contribution in [0, 0.1) is 0 Å². The van der Waals surface area contributed by atoms with E-state index in [1.165, 1.54) is 24.9 Å². The summed E-state index contributed by atoms with van der Waals surface area (Å²) in [6.45, 7) is 4.75. The van der Waals surface area contributed by atoms with Crippen molar-refractivity contribution in [3.63, 3.8) is 0 Å². The Morgan fingerprint density at radius 3 is 2.76 bits per heavy atom. The highest BCUT2D eigenvalue weighted by Crippen LogP contribution is 2.23. The van der Waals surface area contributed by atoms with Crippen molar-refractivity contribution in [3.05, 3.63) is 66.6 Å². The molecule has 1 aromatic carbocycles. The van der Waals surface area contributed by atoms with Gasteiger partial charge in [-0.25, -0.2) is 4.68 Å². The number of nitrogens with zero attached hydrogens (tertiary/aromatic N) is 4. The standard InChI is InChI=1S/C23H29N5O/c1-29-15-14-27-13-5-8-22(27)17-25-16-20-18-28(21-6-3-2-4-7-21)26-23(20)19-9-11-24-12-10-19/h2-4,6-7,9-12,18,22,25H,5,8,13-17H2,1H3. The predicted molar refractivity (Wildman–Crippen MR) is 115 cm³/mol. The molecule has 6 nitrogen and oxygen atoms in total. The number of hydrogen-bond donors (Lipinski definition) is 1. The van der Waals surface area contributed by atoms with Crippen LogP contribution in [0.5, 0.6) is 0 Å². The third kappa shape index (κ3) is 4.90. The van der Waals surface area contributed by atoms with Gasteiger partial charge in [0.1, 0.15) is 0 Å². The average molecular weight is 392 g/mol. The molecule has 4 rings (SSSR count). The van der Waals surface area contributed by atoms with Crippen LogP contribution in [0.15, 0.2) is 61.1 Å². The fraction of sp³-hybridized carbons (Fsp3) is 0.391. The van der Waals surface area contributed by atoms with Crippen LogP contribution in [-0.4, -0.2) is 59.1 Å². The van der Waals surface area contributed by atoms with Gasteiger partial charge in [0.2, 0.25) is 0 Å². The van der Waals surface area contributed by atoms with Gasteiger partial charge < -0.3 is 10.1 Å². The number of likely N-dealkylation sites (tertiary alicyclic amines) is 1. The van der Waals surface area contributed by atoms with Crippen molar-refractivity contribution in [2.45, 2.75) is 25.4 Å². The van der Waals surface area contributed by atoms with E-state index in [9.17, 15) is 0 Å². The fourth-order valence-electron chi connectivity index (χ4n) is 4.01. The Morgan fingerprint density at radius 1 is 1.14 bits per heavy atom. The van der Waals surface area contributed by atoms with Gasteiger partial charge >= 0.3 is 0 Å². The third-order valence-corrected chi connectivity index (χ3v) is 5.54. The molecular weight excluding hydrogens is 362 g/mol. The molecule has 1 aliphatic rings. The van der Waals surface area contributed by atoms with Gasteiger partial charge in [-0.05, 0) is 43.7 Å². The van der Waals surface area contributed by atoms with E-state index >= 15 is 0 Å². The van der Waals surface area contributed by atoms with Crippen molar-refractivity contribution in [1.82, 2.24) is 25.0 Å². The molecule has 0 bridgehead atoms. The average Bonchev–Trinajstić information content (AvgIpc) is 3.41. The Hall–Kier alpha value is -2.54. The van der Waals surface area contributed by atoms with Crippen molar-refractivity contribution in [3.8, 4) is 16.9 Å². The Labute approximate surface area is 172 Å². The molecule has 2 aromatic heterocycles. The van der Waals surface area contributed by atoms with E-state index < -0.39 is 0 Å². The number of rotatable bonds is 9. The lowest BCUT2D eigenvalue weighted by atomic mass is 10.1. The highest BCUT2D eigenvalue weighted by Gasteiger charge is 2.23.